The quantitative estimate of drug-likeness (QED) is 0.376. The number of β-amino-alcohol motifs (C(OH)–C–C–N with tert-alkyl or cyclic N) is 1. The third-order valence-corrected chi connectivity index (χ3v) is 7.17. The number of piperazine rings is 1. The average Bonchev–Trinajstić information content (AvgIpc) is 3.24. The summed E-state index contributed by atoms with van der Waals surface area (Å²) < 4.78 is 6.10. The van der Waals surface area contributed by atoms with Crippen molar-refractivity contribution in [2.75, 3.05) is 45.6 Å². The van der Waals surface area contributed by atoms with Crippen LogP contribution in [0, 0.1) is 0 Å². The Hall–Kier alpha value is -2.51. The summed E-state index contributed by atoms with van der Waals surface area (Å²) in [5.41, 5.74) is 3.52. The number of benzene rings is 3. The van der Waals surface area contributed by atoms with E-state index >= 15 is 0 Å². The summed E-state index contributed by atoms with van der Waals surface area (Å²) in [5.74, 6) is 0.821. The van der Waals surface area contributed by atoms with Gasteiger partial charge in [-0.15, -0.1) is 11.8 Å². The molecule has 1 aromatic heterocycles. The summed E-state index contributed by atoms with van der Waals surface area (Å²) in [6.45, 7) is 5.90. The molecule has 2 N–H and O–H groups in total. The first kappa shape index (κ1) is 22.3. The minimum absolute atomic E-state index is 0.292. The van der Waals surface area contributed by atoms with Crippen molar-refractivity contribution in [1.82, 2.24) is 14.8 Å². The zero-order valence-corrected chi connectivity index (χ0v) is 19.9. The maximum atomic E-state index is 10.7. The number of aromatic amines is 1. The van der Waals surface area contributed by atoms with Crippen LogP contribution in [0.2, 0.25) is 0 Å². The minimum Gasteiger partial charge on any atom is -0.490 e. The number of para-hydroxylation sites is 1. The van der Waals surface area contributed by atoms with Crippen molar-refractivity contribution in [3.05, 3.63) is 72.3 Å². The largest absolute Gasteiger partial charge is 0.490 e. The molecule has 4 aromatic rings. The molecule has 33 heavy (non-hydrogen) atoms. The van der Waals surface area contributed by atoms with Crippen LogP contribution in [-0.4, -0.2) is 71.6 Å². The van der Waals surface area contributed by atoms with Gasteiger partial charge >= 0.3 is 0 Å². The summed E-state index contributed by atoms with van der Waals surface area (Å²) in [6, 6.07) is 23.2. The molecule has 0 amide bonds. The Morgan fingerprint density at radius 3 is 2.42 bits per heavy atom. The van der Waals surface area contributed by atoms with Crippen molar-refractivity contribution in [1.29, 1.82) is 0 Å². The van der Waals surface area contributed by atoms with Gasteiger partial charge in [-0.05, 0) is 42.2 Å². The molecule has 3 aromatic carbocycles. The predicted molar refractivity (Wildman–Crippen MR) is 137 cm³/mol. The first-order valence-corrected chi connectivity index (χ1v) is 12.8. The Morgan fingerprint density at radius 2 is 1.64 bits per heavy atom. The minimum atomic E-state index is -0.517. The molecule has 1 saturated heterocycles. The second kappa shape index (κ2) is 10.2. The van der Waals surface area contributed by atoms with E-state index in [2.05, 4.69) is 63.5 Å². The van der Waals surface area contributed by atoms with Crippen molar-refractivity contribution >= 4 is 33.6 Å². The van der Waals surface area contributed by atoms with Crippen LogP contribution in [0.25, 0.3) is 21.8 Å². The predicted octanol–water partition coefficient (Wildman–Crippen LogP) is 4.60. The molecule has 0 spiro atoms. The Balaban J connectivity index is 1.12. The van der Waals surface area contributed by atoms with E-state index in [1.807, 2.05) is 24.3 Å². The number of thioether (sulfide) groups is 1. The summed E-state index contributed by atoms with van der Waals surface area (Å²) in [4.78, 5) is 9.58. The van der Waals surface area contributed by atoms with Gasteiger partial charge in [-0.2, -0.15) is 0 Å². The summed E-state index contributed by atoms with van der Waals surface area (Å²) in [5, 5.41) is 12.9. The van der Waals surface area contributed by atoms with Gasteiger partial charge in [0.2, 0.25) is 0 Å². The fourth-order valence-corrected chi connectivity index (χ4v) is 5.05. The third-order valence-electron chi connectivity index (χ3n) is 6.42. The van der Waals surface area contributed by atoms with Crippen molar-refractivity contribution < 1.29 is 9.84 Å². The number of fused-ring (bicyclic) bond motifs is 3. The van der Waals surface area contributed by atoms with Gasteiger partial charge in [-0.1, -0.05) is 36.4 Å². The Labute approximate surface area is 199 Å². The number of hydrogen-bond donors (Lipinski definition) is 2. The fourth-order valence-electron chi connectivity index (χ4n) is 4.64. The monoisotopic (exact) mass is 461 g/mol. The van der Waals surface area contributed by atoms with Crippen LogP contribution in [0.4, 0.5) is 0 Å². The Morgan fingerprint density at radius 1 is 0.909 bits per heavy atom. The molecule has 0 bridgehead atoms. The third kappa shape index (κ3) is 5.20. The lowest BCUT2D eigenvalue weighted by molar-refractivity contribution is 0.0450. The molecule has 1 aliphatic heterocycles. The van der Waals surface area contributed by atoms with Gasteiger partial charge in [-0.3, -0.25) is 9.80 Å². The SMILES string of the molecule is CSc1ccc(CN2CCN(CC(O)COc3cccc4[nH]c5ccccc5c34)CC2)cc1. The lowest BCUT2D eigenvalue weighted by atomic mass is 10.1. The number of nitrogens with zero attached hydrogens (tertiary/aromatic N) is 2. The van der Waals surface area contributed by atoms with Gasteiger partial charge < -0.3 is 14.8 Å². The van der Waals surface area contributed by atoms with Gasteiger partial charge in [0.15, 0.2) is 0 Å². The van der Waals surface area contributed by atoms with Gasteiger partial charge in [-0.25, -0.2) is 0 Å². The number of hydrogen-bond acceptors (Lipinski definition) is 5. The maximum absolute atomic E-state index is 10.7. The second-order valence-corrected chi connectivity index (χ2v) is 9.62. The normalized spacial score (nSPS) is 16.4. The molecular weight excluding hydrogens is 430 g/mol. The first-order valence-electron chi connectivity index (χ1n) is 11.6. The average molecular weight is 462 g/mol. The van der Waals surface area contributed by atoms with Crippen molar-refractivity contribution in [3.8, 4) is 5.75 Å². The molecule has 5 rings (SSSR count). The highest BCUT2D eigenvalue weighted by atomic mass is 32.2. The van der Waals surface area contributed by atoms with Crippen molar-refractivity contribution in [2.24, 2.45) is 0 Å². The molecule has 1 unspecified atom stereocenters. The highest BCUT2D eigenvalue weighted by molar-refractivity contribution is 7.98. The van der Waals surface area contributed by atoms with Crippen LogP contribution < -0.4 is 4.74 Å². The molecule has 1 atom stereocenters. The molecule has 0 saturated carbocycles. The van der Waals surface area contributed by atoms with Crippen LogP contribution in [0.1, 0.15) is 5.56 Å². The smallest absolute Gasteiger partial charge is 0.129 e. The zero-order valence-electron chi connectivity index (χ0n) is 19.0. The number of aromatic nitrogens is 1. The Kier molecular flexibility index (Phi) is 6.88. The highest BCUT2D eigenvalue weighted by Gasteiger charge is 2.20. The topological polar surface area (TPSA) is 51.7 Å². The van der Waals surface area contributed by atoms with Crippen LogP contribution in [0.5, 0.6) is 5.75 Å². The number of rotatable bonds is 8. The number of aliphatic hydroxyl groups is 1. The fraction of sp³-hybridized carbons (Fsp3) is 0.333. The van der Waals surface area contributed by atoms with E-state index in [0.29, 0.717) is 13.2 Å². The molecule has 5 nitrogen and oxygen atoms in total. The van der Waals surface area contributed by atoms with E-state index in [1.54, 1.807) is 11.8 Å². The molecule has 1 fully saturated rings. The number of ether oxygens (including phenoxy) is 1. The number of nitrogens with one attached hydrogen (secondary N) is 1. The lowest BCUT2D eigenvalue weighted by Gasteiger charge is -2.35. The van der Waals surface area contributed by atoms with E-state index in [1.165, 1.54) is 10.5 Å². The van der Waals surface area contributed by atoms with E-state index in [-0.39, 0.29) is 0 Å². The standard InChI is InChI=1S/C27H31N3O2S/c1-33-22-11-9-20(10-12-22)17-29-13-15-30(16-14-29)18-21(31)19-32-26-8-4-7-25-27(26)23-5-2-3-6-24(23)28-25/h2-12,21,28,31H,13-19H2,1H3. The number of aliphatic hydroxyl groups excluding tert-OH is 1. The lowest BCUT2D eigenvalue weighted by Crippen LogP contribution is -2.48. The van der Waals surface area contributed by atoms with Gasteiger partial charge in [0, 0.05) is 60.5 Å². The highest BCUT2D eigenvalue weighted by Crippen LogP contribution is 2.33. The van der Waals surface area contributed by atoms with Gasteiger partial charge in [0.25, 0.3) is 0 Å². The zero-order chi connectivity index (χ0) is 22.6. The Bertz CT molecular complexity index is 1200. The maximum Gasteiger partial charge on any atom is 0.129 e. The summed E-state index contributed by atoms with van der Waals surface area (Å²) in [7, 11) is 0. The van der Waals surface area contributed by atoms with Crippen molar-refractivity contribution in [3.63, 3.8) is 0 Å². The molecule has 2 heterocycles. The van der Waals surface area contributed by atoms with Crippen molar-refractivity contribution in [2.45, 2.75) is 17.5 Å². The summed E-state index contributed by atoms with van der Waals surface area (Å²) >= 11 is 1.78. The molecule has 0 aliphatic carbocycles. The second-order valence-electron chi connectivity index (χ2n) is 8.74. The van der Waals surface area contributed by atoms with E-state index in [4.69, 9.17) is 4.74 Å². The first-order chi connectivity index (χ1) is 16.2. The summed E-state index contributed by atoms with van der Waals surface area (Å²) in [6.07, 6.45) is 1.59. The van der Waals surface area contributed by atoms with Crippen LogP contribution in [0.15, 0.2) is 71.6 Å². The molecule has 6 heteroatoms. The molecule has 172 valence electrons. The number of H-pyrrole nitrogens is 1. The molecular formula is C27H31N3O2S. The van der Waals surface area contributed by atoms with E-state index in [0.717, 1.165) is 60.3 Å². The van der Waals surface area contributed by atoms with E-state index < -0.39 is 6.10 Å². The van der Waals surface area contributed by atoms with Gasteiger partial charge in [0.05, 0.1) is 5.52 Å². The van der Waals surface area contributed by atoms with Crippen LogP contribution in [0.3, 0.4) is 0 Å². The molecule has 1 aliphatic rings. The van der Waals surface area contributed by atoms with E-state index in [9.17, 15) is 5.11 Å². The van der Waals surface area contributed by atoms with Crippen LogP contribution in [-0.2, 0) is 6.54 Å². The van der Waals surface area contributed by atoms with Gasteiger partial charge in [0.1, 0.15) is 18.5 Å². The molecule has 0 radical (unpaired) electrons. The van der Waals surface area contributed by atoms with Crippen LogP contribution >= 0.6 is 11.8 Å².